The lowest BCUT2D eigenvalue weighted by Gasteiger charge is -2.32. The Labute approximate surface area is 208 Å². The predicted molar refractivity (Wildman–Crippen MR) is 136 cm³/mol. The zero-order valence-electron chi connectivity index (χ0n) is 21.1. The van der Waals surface area contributed by atoms with Gasteiger partial charge in [0.25, 0.3) is 0 Å². The molecule has 0 bridgehead atoms. The number of anilines is 1. The summed E-state index contributed by atoms with van der Waals surface area (Å²) in [7, 11) is -2.25. The molecule has 0 fully saturated rings. The largest absolute Gasteiger partial charge is 0.497 e. The molecule has 0 saturated heterocycles. The molecule has 0 spiro atoms. The highest BCUT2D eigenvalue weighted by atomic mass is 32.2. The molecule has 2 rings (SSSR count). The number of sulfonamides is 1. The Morgan fingerprint density at radius 2 is 1.69 bits per heavy atom. The second-order valence-corrected chi connectivity index (χ2v) is 10.3. The highest BCUT2D eigenvalue weighted by Crippen LogP contribution is 2.23. The molecule has 0 saturated carbocycles. The van der Waals surface area contributed by atoms with Gasteiger partial charge in [0, 0.05) is 12.6 Å². The first-order valence-corrected chi connectivity index (χ1v) is 13.2. The number of hydrogen-bond acceptors (Lipinski definition) is 6. The Bertz CT molecular complexity index is 1100. The van der Waals surface area contributed by atoms with Crippen LogP contribution < -0.4 is 19.1 Å². The van der Waals surface area contributed by atoms with Gasteiger partial charge in [-0.05, 0) is 69.7 Å². The van der Waals surface area contributed by atoms with E-state index in [1.54, 1.807) is 56.5 Å². The first-order chi connectivity index (χ1) is 16.5. The van der Waals surface area contributed by atoms with Gasteiger partial charge in [0.2, 0.25) is 21.8 Å². The molecule has 0 aliphatic heterocycles. The van der Waals surface area contributed by atoms with Gasteiger partial charge in [0.05, 0.1) is 25.7 Å². The van der Waals surface area contributed by atoms with Crippen molar-refractivity contribution in [2.24, 2.45) is 0 Å². The lowest BCUT2D eigenvalue weighted by atomic mass is 10.1. The smallest absolute Gasteiger partial charge is 0.244 e. The molecule has 0 unspecified atom stereocenters. The molecule has 2 aromatic rings. The molecule has 35 heavy (non-hydrogen) atoms. The zero-order chi connectivity index (χ0) is 26.2. The van der Waals surface area contributed by atoms with Crippen molar-refractivity contribution in [3.63, 3.8) is 0 Å². The van der Waals surface area contributed by atoms with Crippen LogP contribution >= 0.6 is 0 Å². The molecule has 2 aromatic carbocycles. The van der Waals surface area contributed by atoms with E-state index < -0.39 is 28.5 Å². The van der Waals surface area contributed by atoms with Crippen molar-refractivity contribution >= 4 is 27.5 Å². The minimum Gasteiger partial charge on any atom is -0.497 e. The summed E-state index contributed by atoms with van der Waals surface area (Å²) in [6.45, 7) is 7.25. The Morgan fingerprint density at radius 3 is 2.23 bits per heavy atom. The fraction of sp³-hybridized carbons (Fsp3) is 0.440. The second-order valence-electron chi connectivity index (χ2n) is 8.41. The van der Waals surface area contributed by atoms with Crippen LogP contribution in [0, 0.1) is 0 Å². The maximum Gasteiger partial charge on any atom is 0.244 e. The standard InChI is InChI=1S/C25H35N3O6S/c1-7-34-22-13-11-21(12-14-22)28(35(6,31)32)17-24(29)27(19(4)25(30)26-18(2)3)16-20-9-8-10-23(15-20)33-5/h8-15,18-19H,7,16-17H2,1-6H3,(H,26,30)/t19-/m0/s1. The Balaban J connectivity index is 2.38. The minimum atomic E-state index is -3.80. The molecule has 9 nitrogen and oxygen atoms in total. The molecule has 1 atom stereocenters. The van der Waals surface area contributed by atoms with Gasteiger partial charge in [-0.15, -0.1) is 0 Å². The van der Waals surface area contributed by atoms with Gasteiger partial charge in [0.1, 0.15) is 24.1 Å². The molecule has 0 radical (unpaired) electrons. The van der Waals surface area contributed by atoms with Crippen LogP contribution in [-0.2, 0) is 26.2 Å². The maximum atomic E-state index is 13.5. The Kier molecular flexibility index (Phi) is 9.94. The SMILES string of the molecule is CCOc1ccc(N(CC(=O)N(Cc2cccc(OC)c2)[C@@H](C)C(=O)NC(C)C)S(C)(=O)=O)cc1. The summed E-state index contributed by atoms with van der Waals surface area (Å²) >= 11 is 0. The van der Waals surface area contributed by atoms with Gasteiger partial charge in [-0.2, -0.15) is 0 Å². The van der Waals surface area contributed by atoms with Gasteiger partial charge < -0.3 is 19.7 Å². The van der Waals surface area contributed by atoms with Crippen LogP contribution in [0.15, 0.2) is 48.5 Å². The van der Waals surface area contributed by atoms with Gasteiger partial charge in [0.15, 0.2) is 0 Å². The zero-order valence-corrected chi connectivity index (χ0v) is 22.0. The molecule has 1 N–H and O–H groups in total. The molecule has 10 heteroatoms. The molecule has 2 amide bonds. The topological polar surface area (TPSA) is 105 Å². The van der Waals surface area contributed by atoms with Crippen LogP contribution in [0.3, 0.4) is 0 Å². The Morgan fingerprint density at radius 1 is 1.03 bits per heavy atom. The predicted octanol–water partition coefficient (Wildman–Crippen LogP) is 2.80. The van der Waals surface area contributed by atoms with Crippen molar-refractivity contribution in [1.29, 1.82) is 0 Å². The van der Waals surface area contributed by atoms with Crippen molar-refractivity contribution < 1.29 is 27.5 Å². The third-order valence-corrected chi connectivity index (χ3v) is 6.34. The number of benzene rings is 2. The highest BCUT2D eigenvalue weighted by Gasteiger charge is 2.30. The van der Waals surface area contributed by atoms with Crippen LogP contribution in [0.25, 0.3) is 0 Å². The molecular formula is C25H35N3O6S. The van der Waals surface area contributed by atoms with Gasteiger partial charge in [-0.3, -0.25) is 13.9 Å². The summed E-state index contributed by atoms with van der Waals surface area (Å²) in [5, 5.41) is 2.82. The summed E-state index contributed by atoms with van der Waals surface area (Å²) in [6, 6.07) is 12.7. The molecular weight excluding hydrogens is 470 g/mol. The number of ether oxygens (including phenoxy) is 2. The quantitative estimate of drug-likeness (QED) is 0.476. The van der Waals surface area contributed by atoms with E-state index in [4.69, 9.17) is 9.47 Å². The summed E-state index contributed by atoms with van der Waals surface area (Å²) in [5.41, 5.74) is 1.07. The number of hydrogen-bond donors (Lipinski definition) is 1. The van der Waals surface area contributed by atoms with Crippen molar-refractivity contribution in [3.05, 3.63) is 54.1 Å². The van der Waals surface area contributed by atoms with Gasteiger partial charge >= 0.3 is 0 Å². The van der Waals surface area contributed by atoms with Crippen LogP contribution in [-0.4, -0.2) is 63.7 Å². The fourth-order valence-electron chi connectivity index (χ4n) is 3.44. The molecule has 0 aliphatic rings. The first kappa shape index (κ1) is 28.0. The summed E-state index contributed by atoms with van der Waals surface area (Å²) in [4.78, 5) is 27.7. The molecule has 0 heterocycles. The van der Waals surface area contributed by atoms with E-state index in [9.17, 15) is 18.0 Å². The number of amides is 2. The minimum absolute atomic E-state index is 0.101. The maximum absolute atomic E-state index is 13.5. The molecule has 192 valence electrons. The summed E-state index contributed by atoms with van der Waals surface area (Å²) in [5.74, 6) is 0.359. The Hall–Kier alpha value is -3.27. The fourth-order valence-corrected chi connectivity index (χ4v) is 4.29. The number of rotatable bonds is 12. The normalized spacial score (nSPS) is 12.1. The van der Waals surface area contributed by atoms with Crippen LogP contribution in [0.2, 0.25) is 0 Å². The van der Waals surface area contributed by atoms with Crippen molar-refractivity contribution in [3.8, 4) is 11.5 Å². The van der Waals surface area contributed by atoms with Gasteiger partial charge in [-0.25, -0.2) is 8.42 Å². The first-order valence-electron chi connectivity index (χ1n) is 11.4. The second kappa shape index (κ2) is 12.4. The number of nitrogens with zero attached hydrogens (tertiary/aromatic N) is 2. The van der Waals surface area contributed by atoms with Crippen LogP contribution in [0.4, 0.5) is 5.69 Å². The lowest BCUT2D eigenvalue weighted by molar-refractivity contribution is -0.139. The summed E-state index contributed by atoms with van der Waals surface area (Å²) < 4.78 is 37.0. The van der Waals surface area contributed by atoms with E-state index in [0.29, 0.717) is 23.8 Å². The van der Waals surface area contributed by atoms with Crippen LogP contribution in [0.1, 0.15) is 33.3 Å². The van der Waals surface area contributed by atoms with E-state index in [1.807, 2.05) is 26.8 Å². The van der Waals surface area contributed by atoms with E-state index in [0.717, 1.165) is 16.1 Å². The third kappa shape index (κ3) is 8.17. The van der Waals surface area contributed by atoms with E-state index in [-0.39, 0.29) is 18.5 Å². The van der Waals surface area contributed by atoms with Crippen molar-refractivity contribution in [1.82, 2.24) is 10.2 Å². The number of carbonyl (C=O) groups is 2. The summed E-state index contributed by atoms with van der Waals surface area (Å²) in [6.07, 6.45) is 1.04. The van der Waals surface area contributed by atoms with Crippen molar-refractivity contribution in [2.75, 3.05) is 30.8 Å². The van der Waals surface area contributed by atoms with E-state index in [1.165, 1.54) is 4.90 Å². The average molecular weight is 506 g/mol. The molecule has 0 aliphatic carbocycles. The van der Waals surface area contributed by atoms with Gasteiger partial charge in [-0.1, -0.05) is 12.1 Å². The van der Waals surface area contributed by atoms with Crippen LogP contribution in [0.5, 0.6) is 11.5 Å². The van der Waals surface area contributed by atoms with E-state index >= 15 is 0 Å². The third-order valence-electron chi connectivity index (χ3n) is 5.20. The van der Waals surface area contributed by atoms with Crippen molar-refractivity contribution in [2.45, 2.75) is 46.3 Å². The monoisotopic (exact) mass is 505 g/mol. The average Bonchev–Trinajstić information content (AvgIpc) is 2.80. The highest BCUT2D eigenvalue weighted by molar-refractivity contribution is 7.92. The number of nitrogens with one attached hydrogen (secondary N) is 1. The number of carbonyl (C=O) groups excluding carboxylic acids is 2. The molecule has 0 aromatic heterocycles. The van der Waals surface area contributed by atoms with E-state index in [2.05, 4.69) is 5.32 Å². The lowest BCUT2D eigenvalue weighted by Crippen LogP contribution is -2.52. The number of methoxy groups -OCH3 is 1.